The molecule has 0 aromatic rings. The number of hydrogen-bond acceptors (Lipinski definition) is 3. The maximum absolute atomic E-state index is 10.3. The van der Waals surface area contributed by atoms with Gasteiger partial charge in [0.05, 0.1) is 6.61 Å². The molecule has 0 aromatic heterocycles. The number of ether oxygens (including phenoxy) is 1. The molecule has 0 N–H and O–H groups in total. The van der Waals surface area contributed by atoms with Crippen LogP contribution in [0.4, 0.5) is 0 Å². The fraction of sp³-hybridized carbons (Fsp3) is 0.769. The number of hydrogen-bond donors (Lipinski definition) is 0. The second-order valence-electron chi connectivity index (χ2n) is 5.05. The van der Waals surface area contributed by atoms with E-state index in [4.69, 9.17) is 9.53 Å². The van der Waals surface area contributed by atoms with E-state index in [1.54, 1.807) is 0 Å². The minimum absolute atomic E-state index is 0. The maximum atomic E-state index is 10.3. The smallest absolute Gasteiger partial charge is 0.302 e. The normalized spacial score (nSPS) is 8.28. The summed E-state index contributed by atoms with van der Waals surface area (Å²) in [5.41, 5.74) is 0.0890. The van der Waals surface area contributed by atoms with Crippen LogP contribution in [0.3, 0.4) is 0 Å². The Bertz CT molecular complexity index is 173. The van der Waals surface area contributed by atoms with Crippen LogP contribution in [0.25, 0.3) is 0 Å². The van der Waals surface area contributed by atoms with Crippen molar-refractivity contribution in [1.82, 2.24) is 0 Å². The second kappa shape index (κ2) is 20.7. The summed E-state index contributed by atoms with van der Waals surface area (Å²) in [6.07, 6.45) is 1.50. The molecule has 2 radical (unpaired) electrons. The van der Waals surface area contributed by atoms with Gasteiger partial charge in [0, 0.05) is 72.3 Å². The zero-order valence-electron chi connectivity index (χ0n) is 13.1. The van der Waals surface area contributed by atoms with Crippen molar-refractivity contribution in [3.63, 3.8) is 0 Å². The molecule has 0 saturated carbocycles. The first-order valence-corrected chi connectivity index (χ1v) is 5.25. The van der Waals surface area contributed by atoms with E-state index >= 15 is 0 Å². The van der Waals surface area contributed by atoms with Crippen LogP contribution in [0.1, 0.15) is 55.4 Å². The van der Waals surface area contributed by atoms with Gasteiger partial charge in [0.2, 0.25) is 0 Å². The van der Waals surface area contributed by atoms with Crippen LogP contribution in [0, 0.1) is 11.3 Å². The first-order chi connectivity index (χ1) is 7.06. The third-order valence-corrected chi connectivity index (χ3v) is 0.708. The van der Waals surface area contributed by atoms with Crippen LogP contribution in [0.5, 0.6) is 0 Å². The largest absolute Gasteiger partial charge is 0.542 e. The number of carbonyl (C=O) groups excluding carboxylic acids is 2. The fourth-order valence-electron chi connectivity index (χ4n) is 0.318. The average molecular weight is 408 g/mol. The summed E-state index contributed by atoms with van der Waals surface area (Å²) in [7, 11) is 0. The van der Waals surface area contributed by atoms with Gasteiger partial charge in [-0.3, -0.25) is 11.1 Å². The number of carbonyl (C=O) groups is 1. The summed E-state index contributed by atoms with van der Waals surface area (Å²) in [4.78, 5) is 18.9. The molecule has 0 unspecified atom stereocenters. The average Bonchev–Trinajstić information content (AvgIpc) is 2.00. The predicted octanol–water partition coefficient (Wildman–Crippen LogP) is 3.33. The van der Waals surface area contributed by atoms with E-state index in [0.29, 0.717) is 6.61 Å². The molecule has 0 aliphatic heterocycles. The molecule has 104 valence electrons. The van der Waals surface area contributed by atoms with Crippen LogP contribution in [-0.4, -0.2) is 18.9 Å². The zero-order chi connectivity index (χ0) is 13.8. The van der Waals surface area contributed by atoms with E-state index in [2.05, 4.69) is 20.8 Å². The summed E-state index contributed by atoms with van der Waals surface area (Å²) in [6.45, 7) is 15.6. The second-order valence-corrected chi connectivity index (χ2v) is 5.05. The van der Waals surface area contributed by atoms with Crippen LogP contribution < -0.4 is 0 Å². The van der Waals surface area contributed by atoms with E-state index in [9.17, 15) is 4.79 Å². The van der Waals surface area contributed by atoms with Gasteiger partial charge in [0.25, 0.3) is 0 Å². The molecule has 3 nitrogen and oxygen atoms in total. The van der Waals surface area contributed by atoms with Gasteiger partial charge < -0.3 is 15.4 Å². The van der Waals surface area contributed by atoms with E-state index in [-0.39, 0.29) is 76.8 Å². The van der Waals surface area contributed by atoms with Crippen molar-refractivity contribution < 1.29 is 79.7 Å². The molecular formula is C13H26O3Y2-2. The zero-order valence-corrected chi connectivity index (χ0v) is 18.8. The molecule has 5 heteroatoms. The van der Waals surface area contributed by atoms with Gasteiger partial charge in [0.15, 0.2) is 0 Å². The molecule has 0 rings (SSSR count). The van der Waals surface area contributed by atoms with Crippen molar-refractivity contribution in [2.24, 2.45) is 5.41 Å². The Labute approximate surface area is 163 Å². The fourth-order valence-corrected chi connectivity index (χ4v) is 0.318. The Morgan fingerprint density at radius 2 is 1.39 bits per heavy atom. The van der Waals surface area contributed by atoms with Crippen molar-refractivity contribution in [3.05, 3.63) is 5.92 Å². The van der Waals surface area contributed by atoms with Gasteiger partial charge in [-0.15, -0.1) is 0 Å². The van der Waals surface area contributed by atoms with Gasteiger partial charge in [0.1, 0.15) is 0 Å². The molecule has 0 aliphatic carbocycles. The molecule has 0 aromatic carbocycles. The monoisotopic (exact) mass is 408 g/mol. The standard InChI is InChI=1S/C7H14O2.C4H9.C2H3O.2Y/c1-6(8)9-5-7(2,3)4;1-4(2)3;1-2-3;;/h5H2,1-4H3;1-3H3;1H3;;/q;2*-1;;. The minimum Gasteiger partial charge on any atom is -0.542 e. The van der Waals surface area contributed by atoms with Gasteiger partial charge in [-0.25, -0.2) is 0 Å². The van der Waals surface area contributed by atoms with E-state index < -0.39 is 0 Å². The van der Waals surface area contributed by atoms with Crippen LogP contribution in [0.2, 0.25) is 0 Å². The SMILES string of the molecule is CC(=O)OCC(C)(C)C.C[C-](C)C.C[C-]=O.[Y].[Y]. The quantitative estimate of drug-likeness (QED) is 0.494. The molecule has 0 fully saturated rings. The third kappa shape index (κ3) is 85.9. The maximum Gasteiger partial charge on any atom is 0.302 e. The summed E-state index contributed by atoms with van der Waals surface area (Å²) >= 11 is 0. The third-order valence-electron chi connectivity index (χ3n) is 0.708. The molecule has 18 heavy (non-hydrogen) atoms. The molecule has 0 heterocycles. The summed E-state index contributed by atoms with van der Waals surface area (Å²) in [6, 6.07) is 0. The number of rotatable bonds is 1. The summed E-state index contributed by atoms with van der Waals surface area (Å²) < 4.78 is 4.77. The molecule has 0 atom stereocenters. The van der Waals surface area contributed by atoms with Crippen LogP contribution in [0.15, 0.2) is 0 Å². The Hall–Kier alpha value is 1.35. The molecule has 0 saturated heterocycles. The van der Waals surface area contributed by atoms with E-state index in [1.807, 2.05) is 20.8 Å². The Morgan fingerprint density at radius 3 is 1.44 bits per heavy atom. The Morgan fingerprint density at radius 1 is 1.17 bits per heavy atom. The topological polar surface area (TPSA) is 43.4 Å². The Kier molecular flexibility index (Phi) is 36.3. The molecule has 0 amide bonds. The molecular weight excluding hydrogens is 382 g/mol. The van der Waals surface area contributed by atoms with Gasteiger partial charge >= 0.3 is 5.97 Å². The minimum atomic E-state index is -0.204. The van der Waals surface area contributed by atoms with Gasteiger partial charge in [-0.1, -0.05) is 20.8 Å². The van der Waals surface area contributed by atoms with Gasteiger partial charge in [-0.05, 0) is 5.41 Å². The molecule has 0 spiro atoms. The van der Waals surface area contributed by atoms with Crippen molar-refractivity contribution in [2.45, 2.75) is 55.4 Å². The van der Waals surface area contributed by atoms with Crippen molar-refractivity contribution in [2.75, 3.05) is 6.61 Å². The number of esters is 1. The summed E-state index contributed by atoms with van der Waals surface area (Å²) in [5.74, 6) is 1.21. The van der Waals surface area contributed by atoms with E-state index in [0.717, 1.165) is 0 Å². The molecule has 0 aliphatic rings. The Balaban J connectivity index is -0.0000000536. The first kappa shape index (κ1) is 31.6. The van der Waals surface area contributed by atoms with Crippen LogP contribution in [-0.2, 0) is 79.7 Å². The molecule has 0 bridgehead atoms. The van der Waals surface area contributed by atoms with E-state index in [1.165, 1.54) is 26.1 Å². The summed E-state index contributed by atoms with van der Waals surface area (Å²) in [5, 5.41) is 0. The van der Waals surface area contributed by atoms with Crippen molar-refractivity contribution >= 4 is 12.3 Å². The first-order valence-electron chi connectivity index (χ1n) is 5.25. The van der Waals surface area contributed by atoms with Gasteiger partial charge in [-0.2, -0.15) is 27.7 Å². The van der Waals surface area contributed by atoms with Crippen LogP contribution >= 0.6 is 0 Å². The predicted molar refractivity (Wildman–Crippen MR) is 67.7 cm³/mol. The van der Waals surface area contributed by atoms with Crippen molar-refractivity contribution in [3.8, 4) is 0 Å². The van der Waals surface area contributed by atoms with Crippen molar-refractivity contribution in [1.29, 1.82) is 0 Å².